The van der Waals surface area contributed by atoms with E-state index in [4.69, 9.17) is 0 Å². The van der Waals surface area contributed by atoms with Crippen LogP contribution < -0.4 is 16.0 Å². The molecule has 0 aliphatic carbocycles. The monoisotopic (exact) mass is 592 g/mol. The first kappa shape index (κ1) is 28.8. The van der Waals surface area contributed by atoms with Gasteiger partial charge in [0.25, 0.3) is 11.8 Å². The summed E-state index contributed by atoms with van der Waals surface area (Å²) < 4.78 is 1.02. The van der Waals surface area contributed by atoms with Crippen LogP contribution in [0.1, 0.15) is 28.4 Å². The van der Waals surface area contributed by atoms with Crippen LogP contribution in [0.5, 0.6) is 0 Å². The third-order valence-electron chi connectivity index (χ3n) is 6.34. The van der Waals surface area contributed by atoms with Crippen LogP contribution in [0.4, 0.5) is 10.8 Å². The molecule has 42 heavy (non-hydrogen) atoms. The molecule has 0 aliphatic heterocycles. The van der Waals surface area contributed by atoms with E-state index in [1.54, 1.807) is 42.5 Å². The lowest BCUT2D eigenvalue weighted by atomic mass is 10.1. The van der Waals surface area contributed by atoms with E-state index in [2.05, 4.69) is 20.9 Å². The second kappa shape index (κ2) is 13.3. The van der Waals surface area contributed by atoms with Crippen molar-refractivity contribution < 1.29 is 14.4 Å². The third-order valence-corrected chi connectivity index (χ3v) is 8.40. The molecule has 0 aliphatic rings. The molecule has 0 radical (unpaired) electrons. The molecule has 7 nitrogen and oxygen atoms in total. The molecule has 0 saturated carbocycles. The first-order valence-corrected chi connectivity index (χ1v) is 14.9. The van der Waals surface area contributed by atoms with Gasteiger partial charge in [0.1, 0.15) is 5.70 Å². The fourth-order valence-corrected chi connectivity index (χ4v) is 5.79. The maximum absolute atomic E-state index is 13.3. The third kappa shape index (κ3) is 7.31. The zero-order valence-electron chi connectivity index (χ0n) is 23.0. The molecule has 0 fully saturated rings. The Balaban J connectivity index is 1.24. The summed E-state index contributed by atoms with van der Waals surface area (Å²) in [5.74, 6) is -0.974. The second-order valence-corrected chi connectivity index (χ2v) is 11.9. The lowest BCUT2D eigenvalue weighted by Crippen LogP contribution is -2.30. The van der Waals surface area contributed by atoms with Crippen LogP contribution in [-0.2, 0) is 9.59 Å². The van der Waals surface area contributed by atoms with Crippen LogP contribution in [0.15, 0.2) is 114 Å². The SMILES string of the molecule is Cc1ccccc1/C=C(\NC(=O)c1ccccc1)C(=O)Nc1ccc(SC(C)C(=O)Nc2nc3ccccc3s2)cc1. The fourth-order valence-electron chi connectivity index (χ4n) is 4.05. The van der Waals surface area contributed by atoms with Crippen molar-refractivity contribution in [1.82, 2.24) is 10.3 Å². The summed E-state index contributed by atoms with van der Waals surface area (Å²) in [5, 5.41) is 8.74. The molecule has 0 spiro atoms. The largest absolute Gasteiger partial charge is 0.321 e. The Morgan fingerprint density at radius 2 is 1.52 bits per heavy atom. The van der Waals surface area contributed by atoms with Crippen molar-refractivity contribution in [3.05, 3.63) is 126 Å². The van der Waals surface area contributed by atoms with E-state index in [-0.39, 0.29) is 22.8 Å². The maximum Gasteiger partial charge on any atom is 0.272 e. The van der Waals surface area contributed by atoms with Gasteiger partial charge in [-0.3, -0.25) is 14.4 Å². The molecule has 1 unspecified atom stereocenters. The van der Waals surface area contributed by atoms with Crippen molar-refractivity contribution in [1.29, 1.82) is 0 Å². The number of carbonyl (C=O) groups is 3. The number of aromatic nitrogens is 1. The normalized spacial score (nSPS) is 12.0. The number of benzene rings is 4. The van der Waals surface area contributed by atoms with Gasteiger partial charge >= 0.3 is 0 Å². The van der Waals surface area contributed by atoms with E-state index in [1.165, 1.54) is 23.1 Å². The first-order valence-electron chi connectivity index (χ1n) is 13.2. The van der Waals surface area contributed by atoms with Crippen LogP contribution in [0.25, 0.3) is 16.3 Å². The van der Waals surface area contributed by atoms with E-state index >= 15 is 0 Å². The number of aryl methyl sites for hydroxylation is 1. The van der Waals surface area contributed by atoms with Crippen LogP contribution in [0.2, 0.25) is 0 Å². The van der Waals surface area contributed by atoms with Crippen molar-refractivity contribution in [3.8, 4) is 0 Å². The van der Waals surface area contributed by atoms with E-state index in [1.807, 2.05) is 80.6 Å². The van der Waals surface area contributed by atoms with Crippen molar-refractivity contribution in [2.45, 2.75) is 24.0 Å². The average Bonchev–Trinajstić information content (AvgIpc) is 3.41. The number of fused-ring (bicyclic) bond motifs is 1. The van der Waals surface area contributed by atoms with Crippen molar-refractivity contribution in [2.24, 2.45) is 0 Å². The second-order valence-electron chi connectivity index (χ2n) is 9.45. The van der Waals surface area contributed by atoms with Gasteiger partial charge in [-0.25, -0.2) is 4.98 Å². The number of hydrogen-bond donors (Lipinski definition) is 3. The van der Waals surface area contributed by atoms with Crippen molar-refractivity contribution in [2.75, 3.05) is 10.6 Å². The number of thiazole rings is 1. The number of nitrogens with zero attached hydrogens (tertiary/aromatic N) is 1. The van der Waals surface area contributed by atoms with Gasteiger partial charge in [0, 0.05) is 16.1 Å². The molecule has 0 saturated heterocycles. The predicted molar refractivity (Wildman–Crippen MR) is 172 cm³/mol. The number of anilines is 2. The highest BCUT2D eigenvalue weighted by atomic mass is 32.2. The Hall–Kier alpha value is -4.73. The number of para-hydroxylation sites is 1. The van der Waals surface area contributed by atoms with Gasteiger partial charge in [0.15, 0.2) is 5.13 Å². The number of carbonyl (C=O) groups excluding carboxylic acids is 3. The number of hydrogen-bond acceptors (Lipinski definition) is 6. The van der Waals surface area contributed by atoms with Gasteiger partial charge in [-0.15, -0.1) is 11.8 Å². The van der Waals surface area contributed by atoms with Crippen molar-refractivity contribution in [3.63, 3.8) is 0 Å². The number of rotatable bonds is 9. The van der Waals surface area contributed by atoms with Crippen LogP contribution in [-0.4, -0.2) is 28.0 Å². The predicted octanol–water partition coefficient (Wildman–Crippen LogP) is 7.13. The molecule has 3 amide bonds. The Kier molecular flexibility index (Phi) is 9.11. The molecule has 9 heteroatoms. The highest BCUT2D eigenvalue weighted by molar-refractivity contribution is 8.00. The summed E-state index contributed by atoms with van der Waals surface area (Å²) in [6.45, 7) is 3.78. The van der Waals surface area contributed by atoms with Crippen molar-refractivity contribution >= 4 is 67.9 Å². The van der Waals surface area contributed by atoms with Crippen LogP contribution in [0, 0.1) is 6.92 Å². The van der Waals surface area contributed by atoms with Gasteiger partial charge in [0.05, 0.1) is 15.5 Å². The zero-order chi connectivity index (χ0) is 29.5. The zero-order valence-corrected chi connectivity index (χ0v) is 24.6. The lowest BCUT2D eigenvalue weighted by Gasteiger charge is -2.13. The molecule has 3 N–H and O–H groups in total. The Morgan fingerprint density at radius 1 is 0.833 bits per heavy atom. The molecular formula is C33H28N4O3S2. The smallest absolute Gasteiger partial charge is 0.272 e. The summed E-state index contributed by atoms with van der Waals surface area (Å²) in [6.07, 6.45) is 1.67. The summed E-state index contributed by atoms with van der Waals surface area (Å²) >= 11 is 2.84. The van der Waals surface area contributed by atoms with Gasteiger partial charge in [0.2, 0.25) is 5.91 Å². The standard InChI is InChI=1S/C33H28N4O3S2/c1-21-10-6-7-13-24(21)20-28(35-31(39)23-11-4-3-5-12-23)32(40)34-25-16-18-26(19-17-25)41-22(2)30(38)37-33-36-27-14-8-9-15-29(27)42-33/h3-20,22H,1-2H3,(H,34,40)(H,35,39)(H,36,37,38)/b28-20-. The van der Waals surface area contributed by atoms with Gasteiger partial charge in [-0.1, -0.05) is 65.9 Å². The number of thioether (sulfide) groups is 1. The lowest BCUT2D eigenvalue weighted by molar-refractivity contribution is -0.115. The molecular weight excluding hydrogens is 565 g/mol. The molecule has 5 rings (SSSR count). The number of nitrogens with one attached hydrogen (secondary N) is 3. The fraction of sp³-hybridized carbons (Fsp3) is 0.0909. The average molecular weight is 593 g/mol. The van der Waals surface area contributed by atoms with Gasteiger partial charge in [-0.05, 0) is 79.6 Å². The molecule has 1 aromatic heterocycles. The minimum absolute atomic E-state index is 0.122. The van der Waals surface area contributed by atoms with E-state index < -0.39 is 5.91 Å². The topological polar surface area (TPSA) is 100 Å². The number of amides is 3. The maximum atomic E-state index is 13.3. The highest BCUT2D eigenvalue weighted by Crippen LogP contribution is 2.28. The van der Waals surface area contributed by atoms with Gasteiger partial charge in [-0.2, -0.15) is 0 Å². The Labute approximate surface area is 252 Å². The van der Waals surface area contributed by atoms with Gasteiger partial charge < -0.3 is 16.0 Å². The molecule has 1 heterocycles. The van der Waals surface area contributed by atoms with E-state index in [0.717, 1.165) is 26.2 Å². The molecule has 5 aromatic rings. The van der Waals surface area contributed by atoms with Crippen LogP contribution in [0.3, 0.4) is 0 Å². The first-order chi connectivity index (χ1) is 20.4. The molecule has 1 atom stereocenters. The van der Waals surface area contributed by atoms with E-state index in [9.17, 15) is 14.4 Å². The Morgan fingerprint density at radius 3 is 2.26 bits per heavy atom. The summed E-state index contributed by atoms with van der Waals surface area (Å²) in [4.78, 5) is 44.3. The summed E-state index contributed by atoms with van der Waals surface area (Å²) in [7, 11) is 0. The minimum Gasteiger partial charge on any atom is -0.321 e. The van der Waals surface area contributed by atoms with E-state index in [0.29, 0.717) is 16.4 Å². The molecule has 4 aromatic carbocycles. The molecule has 210 valence electrons. The summed E-state index contributed by atoms with van der Waals surface area (Å²) in [5.41, 5.74) is 3.77. The molecule has 0 bridgehead atoms. The van der Waals surface area contributed by atoms with Crippen LogP contribution >= 0.6 is 23.1 Å². The Bertz CT molecular complexity index is 1730. The summed E-state index contributed by atoms with van der Waals surface area (Å²) in [6, 6.07) is 31.3. The minimum atomic E-state index is -0.452. The highest BCUT2D eigenvalue weighted by Gasteiger charge is 2.18. The quantitative estimate of drug-likeness (QED) is 0.125.